The van der Waals surface area contributed by atoms with Crippen LogP contribution in [0.15, 0.2) is 48.5 Å². The summed E-state index contributed by atoms with van der Waals surface area (Å²) in [5, 5.41) is 9.41. The number of carbonyl (C=O) groups is 1. The van der Waals surface area contributed by atoms with Gasteiger partial charge in [-0.1, -0.05) is 41.4 Å². The number of fused-ring (bicyclic) bond motifs is 2. The summed E-state index contributed by atoms with van der Waals surface area (Å²) in [6, 6.07) is 15.1. The van der Waals surface area contributed by atoms with Crippen LogP contribution in [0.2, 0.25) is 10.0 Å². The van der Waals surface area contributed by atoms with Gasteiger partial charge in [-0.05, 0) is 49.6 Å². The molecule has 5 nitrogen and oxygen atoms in total. The number of halogens is 2. The van der Waals surface area contributed by atoms with Gasteiger partial charge in [-0.15, -0.1) is 0 Å². The molecule has 2 heterocycles. The smallest absolute Gasteiger partial charge is 0.274 e. The van der Waals surface area contributed by atoms with Gasteiger partial charge in [0.1, 0.15) is 11.5 Å². The van der Waals surface area contributed by atoms with Crippen molar-refractivity contribution in [1.29, 1.82) is 0 Å². The Hall–Kier alpha value is -2.76. The molecule has 0 bridgehead atoms. The zero-order valence-electron chi connectivity index (χ0n) is 14.8. The third-order valence-electron chi connectivity index (χ3n) is 5.06. The molecule has 0 aliphatic heterocycles. The number of aryl methyl sites for hydroxylation is 1. The van der Waals surface area contributed by atoms with Gasteiger partial charge in [0, 0.05) is 21.5 Å². The number of nitrogens with zero attached hydrogens (tertiary/aromatic N) is 2. The number of rotatable bonds is 3. The summed E-state index contributed by atoms with van der Waals surface area (Å²) in [7, 11) is 0. The summed E-state index contributed by atoms with van der Waals surface area (Å²) in [6.07, 6.45) is 2.86. The fourth-order valence-electron chi connectivity index (χ4n) is 3.73. The fraction of sp³-hybridized carbons (Fsp3) is 0.143. The van der Waals surface area contributed by atoms with Gasteiger partial charge in [0.15, 0.2) is 0 Å². The van der Waals surface area contributed by atoms with Gasteiger partial charge >= 0.3 is 0 Å². The molecule has 2 aromatic heterocycles. The monoisotopic (exact) mass is 410 g/mol. The number of aromatic nitrogens is 3. The van der Waals surface area contributed by atoms with E-state index in [4.69, 9.17) is 28.3 Å². The Bertz CT molecular complexity index is 1210. The first-order valence-corrected chi connectivity index (χ1v) is 9.81. The Morgan fingerprint density at radius 2 is 1.93 bits per heavy atom. The molecular formula is C21H16Cl2N4O. The first-order valence-electron chi connectivity index (χ1n) is 9.06. The van der Waals surface area contributed by atoms with Gasteiger partial charge < -0.3 is 10.3 Å². The van der Waals surface area contributed by atoms with E-state index in [1.165, 1.54) is 0 Å². The Morgan fingerprint density at radius 1 is 1.11 bits per heavy atom. The molecular weight excluding hydrogens is 395 g/mol. The van der Waals surface area contributed by atoms with Crippen LogP contribution in [0.3, 0.4) is 0 Å². The Morgan fingerprint density at radius 3 is 2.75 bits per heavy atom. The molecule has 0 unspecified atom stereocenters. The number of hydrogen-bond donors (Lipinski definition) is 2. The lowest BCUT2D eigenvalue weighted by Gasteiger charge is -2.10. The lowest BCUT2D eigenvalue weighted by molar-refractivity contribution is 0.102. The lowest BCUT2D eigenvalue weighted by Crippen LogP contribution is -2.17. The molecule has 7 heteroatoms. The van der Waals surface area contributed by atoms with Crippen LogP contribution in [0.1, 0.15) is 28.2 Å². The number of para-hydroxylation sites is 1. The number of amides is 1. The molecule has 140 valence electrons. The minimum absolute atomic E-state index is 0.302. The maximum atomic E-state index is 13.1. The van der Waals surface area contributed by atoms with E-state index in [2.05, 4.69) is 10.3 Å². The Balaban J connectivity index is 1.57. The van der Waals surface area contributed by atoms with Crippen LogP contribution in [0.25, 0.3) is 16.6 Å². The molecule has 4 aromatic rings. The topological polar surface area (TPSA) is 62.7 Å². The fourth-order valence-corrected chi connectivity index (χ4v) is 4.20. The average molecular weight is 411 g/mol. The number of carbonyl (C=O) groups excluding carboxylic acids is 1. The highest BCUT2D eigenvalue weighted by Gasteiger charge is 2.26. The molecule has 1 aliphatic rings. The van der Waals surface area contributed by atoms with Crippen LogP contribution in [-0.4, -0.2) is 20.7 Å². The van der Waals surface area contributed by atoms with E-state index in [1.807, 2.05) is 36.4 Å². The largest absolute Gasteiger partial charge is 0.349 e. The quantitative estimate of drug-likeness (QED) is 0.474. The van der Waals surface area contributed by atoms with Crippen molar-refractivity contribution in [3.05, 3.63) is 75.5 Å². The molecule has 5 rings (SSSR count). The maximum absolute atomic E-state index is 13.1. The van der Waals surface area contributed by atoms with Crippen molar-refractivity contribution < 1.29 is 4.79 Å². The normalized spacial score (nSPS) is 13.1. The number of aromatic amines is 1. The van der Waals surface area contributed by atoms with E-state index in [1.54, 1.807) is 16.8 Å². The molecule has 2 aromatic carbocycles. The van der Waals surface area contributed by atoms with Crippen LogP contribution < -0.4 is 5.32 Å². The molecule has 2 N–H and O–H groups in total. The lowest BCUT2D eigenvalue weighted by atomic mass is 10.2. The van der Waals surface area contributed by atoms with Crippen molar-refractivity contribution in [3.8, 4) is 5.69 Å². The molecule has 28 heavy (non-hydrogen) atoms. The van der Waals surface area contributed by atoms with E-state index >= 15 is 0 Å². The van der Waals surface area contributed by atoms with Crippen LogP contribution >= 0.6 is 23.2 Å². The molecule has 0 atom stereocenters. The highest BCUT2D eigenvalue weighted by molar-refractivity contribution is 6.40. The van der Waals surface area contributed by atoms with Gasteiger partial charge in [0.2, 0.25) is 0 Å². The summed E-state index contributed by atoms with van der Waals surface area (Å²) < 4.78 is 1.80. The van der Waals surface area contributed by atoms with Crippen molar-refractivity contribution in [2.75, 3.05) is 5.32 Å². The number of hydrogen-bond acceptors (Lipinski definition) is 2. The average Bonchev–Trinajstić information content (AvgIpc) is 3.38. The molecule has 1 aliphatic carbocycles. The zero-order chi connectivity index (χ0) is 19.3. The summed E-state index contributed by atoms with van der Waals surface area (Å²) in [6.45, 7) is 0. The first-order chi connectivity index (χ1) is 13.6. The number of benzene rings is 2. The summed E-state index contributed by atoms with van der Waals surface area (Å²) in [5.41, 5.74) is 4.11. The summed E-state index contributed by atoms with van der Waals surface area (Å²) in [4.78, 5) is 16.2. The molecule has 0 saturated carbocycles. The highest BCUT2D eigenvalue weighted by atomic mass is 35.5. The summed E-state index contributed by atoms with van der Waals surface area (Å²) >= 11 is 12.5. The molecule has 0 radical (unpaired) electrons. The molecule has 0 saturated heterocycles. The zero-order valence-corrected chi connectivity index (χ0v) is 16.3. The van der Waals surface area contributed by atoms with Gasteiger partial charge in [0.05, 0.1) is 16.4 Å². The Kier molecular flexibility index (Phi) is 4.14. The standard InChI is InChI=1S/C21H16Cl2N4O/c22-12-9-10-16-15(11-12)18(23)19(24-16)21(28)25-20-14-7-4-8-17(14)26-27(20)13-5-2-1-3-6-13/h1-3,5-6,9-11,24H,4,7-8H2,(H,25,28). The minimum atomic E-state index is -0.302. The number of nitrogens with one attached hydrogen (secondary N) is 2. The van der Waals surface area contributed by atoms with Crippen LogP contribution in [0.4, 0.5) is 5.82 Å². The number of anilines is 1. The van der Waals surface area contributed by atoms with Crippen molar-refractivity contribution in [1.82, 2.24) is 14.8 Å². The minimum Gasteiger partial charge on any atom is -0.349 e. The SMILES string of the molecule is O=C(Nc1c2c(nn1-c1ccccc1)CCC2)c1[nH]c2ccc(Cl)cc2c1Cl. The van der Waals surface area contributed by atoms with E-state index in [-0.39, 0.29) is 5.91 Å². The van der Waals surface area contributed by atoms with Crippen molar-refractivity contribution in [2.45, 2.75) is 19.3 Å². The predicted octanol–water partition coefficient (Wildman–Crippen LogP) is 5.40. The second kappa shape index (κ2) is 6.69. The van der Waals surface area contributed by atoms with E-state index in [9.17, 15) is 4.79 Å². The number of H-pyrrole nitrogens is 1. The van der Waals surface area contributed by atoms with Gasteiger partial charge in [-0.2, -0.15) is 5.10 Å². The molecule has 0 fully saturated rings. The predicted molar refractivity (Wildman–Crippen MR) is 112 cm³/mol. The molecule has 0 spiro atoms. The van der Waals surface area contributed by atoms with Gasteiger partial charge in [-0.3, -0.25) is 4.79 Å². The van der Waals surface area contributed by atoms with Crippen molar-refractivity contribution >= 4 is 45.8 Å². The van der Waals surface area contributed by atoms with Crippen molar-refractivity contribution in [3.63, 3.8) is 0 Å². The van der Waals surface area contributed by atoms with Crippen LogP contribution in [0, 0.1) is 0 Å². The van der Waals surface area contributed by atoms with E-state index < -0.39 is 0 Å². The second-order valence-corrected chi connectivity index (χ2v) is 7.65. The van der Waals surface area contributed by atoms with Crippen LogP contribution in [0.5, 0.6) is 0 Å². The molecule has 1 amide bonds. The van der Waals surface area contributed by atoms with Gasteiger partial charge in [-0.25, -0.2) is 4.68 Å². The maximum Gasteiger partial charge on any atom is 0.274 e. The van der Waals surface area contributed by atoms with Crippen LogP contribution in [-0.2, 0) is 12.8 Å². The Labute approximate surface area is 171 Å². The van der Waals surface area contributed by atoms with Crippen molar-refractivity contribution in [2.24, 2.45) is 0 Å². The van der Waals surface area contributed by atoms with E-state index in [0.717, 1.165) is 47.1 Å². The first kappa shape index (κ1) is 17.3. The second-order valence-electron chi connectivity index (χ2n) is 6.83. The van der Waals surface area contributed by atoms with E-state index in [0.29, 0.717) is 21.6 Å². The highest BCUT2D eigenvalue weighted by Crippen LogP contribution is 2.33. The van der Waals surface area contributed by atoms with Gasteiger partial charge in [0.25, 0.3) is 5.91 Å². The summed E-state index contributed by atoms with van der Waals surface area (Å²) in [5.74, 6) is 0.403. The third kappa shape index (κ3) is 2.79. The third-order valence-corrected chi connectivity index (χ3v) is 5.69.